The Kier molecular flexibility index (Phi) is 6.37. The van der Waals surface area contributed by atoms with Crippen LogP contribution in [-0.4, -0.2) is 55.7 Å². The van der Waals surface area contributed by atoms with Crippen molar-refractivity contribution in [3.05, 3.63) is 29.8 Å². The predicted octanol–water partition coefficient (Wildman–Crippen LogP) is 2.62. The summed E-state index contributed by atoms with van der Waals surface area (Å²) in [7, 11) is 1.61. The van der Waals surface area contributed by atoms with Gasteiger partial charge in [0.2, 0.25) is 5.91 Å². The maximum atomic E-state index is 12.8. The molecular weight excluding hydrogens is 344 g/mol. The molecule has 1 aromatic carbocycles. The number of ether oxygens (including phenoxy) is 2. The van der Waals surface area contributed by atoms with Crippen LogP contribution >= 0.6 is 0 Å². The molecule has 1 spiro atoms. The van der Waals surface area contributed by atoms with Gasteiger partial charge in [0.05, 0.1) is 12.7 Å². The molecule has 2 amide bonds. The molecule has 1 aromatic rings. The van der Waals surface area contributed by atoms with Crippen molar-refractivity contribution in [2.75, 3.05) is 33.4 Å². The molecule has 2 saturated heterocycles. The summed E-state index contributed by atoms with van der Waals surface area (Å²) in [4.78, 5) is 25.8. The summed E-state index contributed by atoms with van der Waals surface area (Å²) in [6.07, 6.45) is 4.82. The number of nitrogens with one attached hydrogen (secondary N) is 1. The third kappa shape index (κ3) is 5.01. The number of amides is 2. The summed E-state index contributed by atoms with van der Waals surface area (Å²) >= 11 is 0. The third-order valence-electron chi connectivity index (χ3n) is 5.80. The first-order chi connectivity index (χ1) is 13.0. The van der Waals surface area contributed by atoms with Crippen LogP contribution in [0.3, 0.4) is 0 Å². The average molecular weight is 374 g/mol. The van der Waals surface area contributed by atoms with Gasteiger partial charge < -0.3 is 19.7 Å². The van der Waals surface area contributed by atoms with Crippen LogP contribution in [0.4, 0.5) is 0 Å². The van der Waals surface area contributed by atoms with Crippen molar-refractivity contribution in [3.63, 3.8) is 0 Å². The minimum atomic E-state index is -0.107. The first-order valence-corrected chi connectivity index (χ1v) is 9.83. The van der Waals surface area contributed by atoms with Crippen LogP contribution in [0.2, 0.25) is 0 Å². The molecule has 0 saturated carbocycles. The Bertz CT molecular complexity index is 668. The van der Waals surface area contributed by atoms with E-state index < -0.39 is 0 Å². The Morgan fingerprint density at radius 1 is 1.33 bits per heavy atom. The summed E-state index contributed by atoms with van der Waals surface area (Å²) in [6.45, 7) is 4.49. The van der Waals surface area contributed by atoms with Crippen molar-refractivity contribution in [3.8, 4) is 5.75 Å². The average Bonchev–Trinajstić information content (AvgIpc) is 2.68. The van der Waals surface area contributed by atoms with Crippen molar-refractivity contribution in [2.24, 2.45) is 5.92 Å². The molecule has 1 unspecified atom stereocenters. The normalized spacial score (nSPS) is 21.7. The van der Waals surface area contributed by atoms with Gasteiger partial charge in [-0.2, -0.15) is 0 Å². The highest BCUT2D eigenvalue weighted by atomic mass is 16.5. The topological polar surface area (TPSA) is 67.9 Å². The molecule has 2 fully saturated rings. The molecular formula is C21H30N2O4. The highest BCUT2D eigenvalue weighted by Gasteiger charge is 2.41. The monoisotopic (exact) mass is 374 g/mol. The smallest absolute Gasteiger partial charge is 0.253 e. The van der Waals surface area contributed by atoms with Crippen molar-refractivity contribution < 1.29 is 19.1 Å². The fourth-order valence-corrected chi connectivity index (χ4v) is 4.23. The highest BCUT2D eigenvalue weighted by Crippen LogP contribution is 2.39. The maximum absolute atomic E-state index is 12.8. The van der Waals surface area contributed by atoms with Crippen LogP contribution in [0.15, 0.2) is 24.3 Å². The highest BCUT2D eigenvalue weighted by molar-refractivity contribution is 5.94. The van der Waals surface area contributed by atoms with E-state index in [0.29, 0.717) is 30.3 Å². The number of carbonyl (C=O) groups excluding carboxylic acids is 2. The van der Waals surface area contributed by atoms with Crippen LogP contribution in [0.1, 0.15) is 49.4 Å². The Morgan fingerprint density at radius 2 is 2.11 bits per heavy atom. The van der Waals surface area contributed by atoms with Gasteiger partial charge in [0.15, 0.2) is 0 Å². The molecule has 2 aliphatic heterocycles. The number of nitrogens with zero attached hydrogens (tertiary/aromatic N) is 1. The van der Waals surface area contributed by atoms with Gasteiger partial charge in [-0.1, -0.05) is 6.07 Å². The Labute approximate surface area is 161 Å². The van der Waals surface area contributed by atoms with Gasteiger partial charge in [-0.25, -0.2) is 0 Å². The van der Waals surface area contributed by atoms with E-state index in [4.69, 9.17) is 9.47 Å². The van der Waals surface area contributed by atoms with E-state index in [1.165, 1.54) is 0 Å². The van der Waals surface area contributed by atoms with Gasteiger partial charge in [-0.05, 0) is 56.2 Å². The predicted molar refractivity (Wildman–Crippen MR) is 103 cm³/mol. The quantitative estimate of drug-likeness (QED) is 0.860. The maximum Gasteiger partial charge on any atom is 0.253 e. The SMILES string of the molecule is COc1cccc(C(=O)N2CCC3(CC2)CC(CCNC(C)=O)CCO3)c1. The van der Waals surface area contributed by atoms with Crippen LogP contribution in [0.5, 0.6) is 5.75 Å². The van der Waals surface area contributed by atoms with E-state index in [-0.39, 0.29) is 17.4 Å². The van der Waals surface area contributed by atoms with E-state index >= 15 is 0 Å². The number of piperidine rings is 1. The Hall–Kier alpha value is -2.08. The largest absolute Gasteiger partial charge is 0.497 e. The first kappa shape index (κ1) is 19.7. The van der Waals surface area contributed by atoms with Crippen LogP contribution in [0, 0.1) is 5.92 Å². The van der Waals surface area contributed by atoms with Gasteiger partial charge in [-0.3, -0.25) is 9.59 Å². The summed E-state index contributed by atoms with van der Waals surface area (Å²) in [5.41, 5.74) is 0.563. The van der Waals surface area contributed by atoms with Crippen LogP contribution < -0.4 is 10.1 Å². The van der Waals surface area contributed by atoms with Crippen molar-refractivity contribution in [1.29, 1.82) is 0 Å². The molecule has 2 heterocycles. The number of hydrogen-bond donors (Lipinski definition) is 1. The number of rotatable bonds is 5. The minimum absolute atomic E-state index is 0.0288. The number of benzene rings is 1. The van der Waals surface area contributed by atoms with Crippen molar-refractivity contribution >= 4 is 11.8 Å². The van der Waals surface area contributed by atoms with Gasteiger partial charge in [0.1, 0.15) is 5.75 Å². The standard InChI is InChI=1S/C21H30N2O4/c1-16(24)22-10-6-17-7-13-27-21(15-17)8-11-23(12-9-21)20(25)18-4-3-5-19(14-18)26-2/h3-5,14,17H,6-13,15H2,1-2H3,(H,22,24). The second-order valence-corrected chi connectivity index (χ2v) is 7.69. The van der Waals surface area contributed by atoms with E-state index in [1.807, 2.05) is 23.1 Å². The van der Waals surface area contributed by atoms with Gasteiger partial charge in [0, 0.05) is 38.7 Å². The summed E-state index contributed by atoms with van der Waals surface area (Å²) in [6, 6.07) is 7.33. The second-order valence-electron chi connectivity index (χ2n) is 7.69. The van der Waals surface area contributed by atoms with Crippen molar-refractivity contribution in [2.45, 2.75) is 44.6 Å². The van der Waals surface area contributed by atoms with Gasteiger partial charge in [-0.15, -0.1) is 0 Å². The van der Waals surface area contributed by atoms with E-state index in [1.54, 1.807) is 20.1 Å². The molecule has 27 heavy (non-hydrogen) atoms. The lowest BCUT2D eigenvalue weighted by Crippen LogP contribution is -2.51. The molecule has 1 N–H and O–H groups in total. The van der Waals surface area contributed by atoms with Crippen LogP contribution in [0.25, 0.3) is 0 Å². The lowest BCUT2D eigenvalue weighted by atomic mass is 9.78. The van der Waals surface area contributed by atoms with Crippen molar-refractivity contribution in [1.82, 2.24) is 10.2 Å². The summed E-state index contributed by atoms with van der Waals surface area (Å²) < 4.78 is 11.4. The first-order valence-electron chi connectivity index (χ1n) is 9.83. The number of carbonyl (C=O) groups is 2. The molecule has 3 rings (SSSR count). The molecule has 0 aromatic heterocycles. The lowest BCUT2D eigenvalue weighted by molar-refractivity contribution is -0.125. The molecule has 0 radical (unpaired) electrons. The van der Waals surface area contributed by atoms with E-state index in [0.717, 1.165) is 45.3 Å². The molecule has 6 heteroatoms. The lowest BCUT2D eigenvalue weighted by Gasteiger charge is -2.46. The van der Waals surface area contributed by atoms with Gasteiger partial charge >= 0.3 is 0 Å². The fourth-order valence-electron chi connectivity index (χ4n) is 4.23. The summed E-state index contributed by atoms with van der Waals surface area (Å²) in [5.74, 6) is 1.36. The molecule has 148 valence electrons. The fraction of sp³-hybridized carbons (Fsp3) is 0.619. The molecule has 0 aliphatic carbocycles. The van der Waals surface area contributed by atoms with Gasteiger partial charge in [0.25, 0.3) is 5.91 Å². The molecule has 6 nitrogen and oxygen atoms in total. The van der Waals surface area contributed by atoms with E-state index in [2.05, 4.69) is 5.32 Å². The van der Waals surface area contributed by atoms with E-state index in [9.17, 15) is 9.59 Å². The molecule has 2 aliphatic rings. The summed E-state index contributed by atoms with van der Waals surface area (Å²) in [5, 5.41) is 2.89. The molecule has 1 atom stereocenters. The zero-order valence-electron chi connectivity index (χ0n) is 16.3. The number of likely N-dealkylation sites (tertiary alicyclic amines) is 1. The Morgan fingerprint density at radius 3 is 2.81 bits per heavy atom. The zero-order chi connectivity index (χ0) is 19.3. The number of hydrogen-bond acceptors (Lipinski definition) is 4. The number of methoxy groups -OCH3 is 1. The Balaban J connectivity index is 1.54. The third-order valence-corrected chi connectivity index (χ3v) is 5.80. The second kappa shape index (κ2) is 8.74. The minimum Gasteiger partial charge on any atom is -0.497 e. The van der Waals surface area contributed by atoms with Crippen LogP contribution in [-0.2, 0) is 9.53 Å². The molecule has 0 bridgehead atoms. The zero-order valence-corrected chi connectivity index (χ0v) is 16.3.